The summed E-state index contributed by atoms with van der Waals surface area (Å²) in [7, 11) is 0. The molecule has 1 fully saturated rings. The molecule has 2 aromatic rings. The first-order chi connectivity index (χ1) is 14.0. The van der Waals surface area contributed by atoms with Crippen molar-refractivity contribution in [3.8, 4) is 11.8 Å². The summed E-state index contributed by atoms with van der Waals surface area (Å²) in [4.78, 5) is 0. The van der Waals surface area contributed by atoms with Crippen molar-refractivity contribution in [1.82, 2.24) is 0 Å². The number of unbranched alkanes of at least 4 members (excludes halogenated alkanes) is 1. The molecule has 0 atom stereocenters. The number of benzene rings is 2. The zero-order valence-corrected chi connectivity index (χ0v) is 16.6. The summed E-state index contributed by atoms with van der Waals surface area (Å²) in [5.74, 6) is 1.27. The smallest absolute Gasteiger partial charge is 0.426 e. The van der Waals surface area contributed by atoms with Crippen molar-refractivity contribution >= 4 is 0 Å². The van der Waals surface area contributed by atoms with Crippen LogP contribution in [0.15, 0.2) is 61.2 Å². The zero-order chi connectivity index (χ0) is 20.7. The summed E-state index contributed by atoms with van der Waals surface area (Å²) >= 11 is 0. The second-order valence-electron chi connectivity index (χ2n) is 7.81. The monoisotopic (exact) mass is 395 g/mol. The number of nitrogens with zero attached hydrogens (tertiary/aromatic N) is 1. The molecule has 152 valence electrons. The molecule has 1 aliphatic rings. The maximum Gasteiger partial charge on any atom is 0.426 e. The van der Waals surface area contributed by atoms with E-state index >= 15 is 0 Å². The molecule has 2 aromatic carbocycles. The third-order valence-corrected chi connectivity index (χ3v) is 5.81. The number of allylic oxidation sites excluding steroid dienone is 1. The minimum atomic E-state index is -3.42. The van der Waals surface area contributed by atoms with E-state index in [0.717, 1.165) is 30.7 Å². The highest BCUT2D eigenvalue weighted by molar-refractivity contribution is 5.35. The average molecular weight is 395 g/mol. The number of ether oxygens (including phenoxy) is 1. The van der Waals surface area contributed by atoms with E-state index < -0.39 is 6.11 Å². The summed E-state index contributed by atoms with van der Waals surface area (Å²) in [5.41, 5.74) is 1.37. The van der Waals surface area contributed by atoms with E-state index in [1.807, 2.05) is 24.3 Å². The second kappa shape index (κ2) is 9.69. The summed E-state index contributed by atoms with van der Waals surface area (Å²) in [6.07, 6.45) is 6.78. The average Bonchev–Trinajstić information content (AvgIpc) is 2.75. The maximum absolute atomic E-state index is 14.5. The minimum absolute atomic E-state index is 0.0350. The van der Waals surface area contributed by atoms with Gasteiger partial charge in [0.15, 0.2) is 0 Å². The first-order valence-electron chi connectivity index (χ1n) is 10.3. The van der Waals surface area contributed by atoms with Crippen LogP contribution in [0.4, 0.5) is 8.78 Å². The van der Waals surface area contributed by atoms with Crippen molar-refractivity contribution in [2.24, 2.45) is 5.92 Å². The highest BCUT2D eigenvalue weighted by Crippen LogP contribution is 2.39. The Kier molecular flexibility index (Phi) is 7.04. The quantitative estimate of drug-likeness (QED) is 0.346. The molecular formula is C25H27F2NO. The van der Waals surface area contributed by atoms with Gasteiger partial charge in [0.1, 0.15) is 5.75 Å². The van der Waals surface area contributed by atoms with Gasteiger partial charge in [-0.1, -0.05) is 24.6 Å². The van der Waals surface area contributed by atoms with Gasteiger partial charge in [-0.05, 0) is 92.3 Å². The number of halogens is 2. The fraction of sp³-hybridized carbons (Fsp3) is 0.400. The van der Waals surface area contributed by atoms with E-state index in [9.17, 15) is 8.78 Å². The van der Waals surface area contributed by atoms with E-state index in [0.29, 0.717) is 11.5 Å². The van der Waals surface area contributed by atoms with Crippen LogP contribution in [-0.4, -0.2) is 0 Å². The molecule has 0 amide bonds. The number of alkyl halides is 2. The lowest BCUT2D eigenvalue weighted by Crippen LogP contribution is -2.22. The maximum atomic E-state index is 14.5. The molecule has 0 saturated heterocycles. The van der Waals surface area contributed by atoms with E-state index in [1.54, 1.807) is 0 Å². The van der Waals surface area contributed by atoms with E-state index in [2.05, 4.69) is 6.58 Å². The molecule has 1 aliphatic carbocycles. The van der Waals surface area contributed by atoms with Crippen LogP contribution in [0, 0.1) is 17.2 Å². The Balaban J connectivity index is 1.57. The lowest BCUT2D eigenvalue weighted by atomic mass is 9.77. The number of hydrogen-bond donors (Lipinski definition) is 0. The Labute approximate surface area is 171 Å². The first kappa shape index (κ1) is 21.0. The van der Waals surface area contributed by atoms with Crippen LogP contribution < -0.4 is 4.74 Å². The van der Waals surface area contributed by atoms with Gasteiger partial charge in [0.2, 0.25) is 0 Å². The molecule has 0 aromatic heterocycles. The van der Waals surface area contributed by atoms with Crippen LogP contribution in [0.3, 0.4) is 0 Å². The third kappa shape index (κ3) is 5.67. The molecule has 0 spiro atoms. The van der Waals surface area contributed by atoms with Crippen LogP contribution >= 0.6 is 0 Å². The molecule has 0 heterocycles. The topological polar surface area (TPSA) is 33.0 Å². The molecule has 0 unspecified atom stereocenters. The SMILES string of the molecule is C=CCCC[C@H]1CC[C@H](c2ccc(C(F)(F)Oc3ccc(C#N)cc3)cc2)CC1. The van der Waals surface area contributed by atoms with Crippen LogP contribution in [0.2, 0.25) is 0 Å². The second-order valence-corrected chi connectivity index (χ2v) is 7.81. The largest absolute Gasteiger partial charge is 0.429 e. The predicted molar refractivity (Wildman–Crippen MR) is 111 cm³/mol. The van der Waals surface area contributed by atoms with E-state index in [4.69, 9.17) is 10.00 Å². The predicted octanol–water partition coefficient (Wildman–Crippen LogP) is 7.32. The molecule has 3 rings (SSSR count). The molecule has 0 bridgehead atoms. The summed E-state index contributed by atoms with van der Waals surface area (Å²) in [6.45, 7) is 3.78. The molecule has 4 heteroatoms. The normalized spacial score (nSPS) is 19.3. The highest BCUT2D eigenvalue weighted by Gasteiger charge is 2.34. The Morgan fingerprint density at radius 1 is 1.03 bits per heavy atom. The fourth-order valence-corrected chi connectivity index (χ4v) is 4.09. The van der Waals surface area contributed by atoms with Crippen molar-refractivity contribution in [3.05, 3.63) is 77.9 Å². The summed E-state index contributed by atoms with van der Waals surface area (Å²) < 4.78 is 33.9. The van der Waals surface area contributed by atoms with Gasteiger partial charge in [-0.2, -0.15) is 14.0 Å². The van der Waals surface area contributed by atoms with Gasteiger partial charge in [-0.3, -0.25) is 0 Å². The third-order valence-electron chi connectivity index (χ3n) is 5.81. The number of rotatable bonds is 8. The molecule has 29 heavy (non-hydrogen) atoms. The van der Waals surface area contributed by atoms with Crippen LogP contribution in [0.25, 0.3) is 0 Å². The van der Waals surface area contributed by atoms with Crippen LogP contribution in [-0.2, 0) is 6.11 Å². The highest BCUT2D eigenvalue weighted by atomic mass is 19.3. The zero-order valence-electron chi connectivity index (χ0n) is 16.6. The van der Waals surface area contributed by atoms with Gasteiger partial charge in [0.05, 0.1) is 17.2 Å². The van der Waals surface area contributed by atoms with Crippen LogP contribution in [0.5, 0.6) is 5.75 Å². The molecule has 2 nitrogen and oxygen atoms in total. The van der Waals surface area contributed by atoms with Gasteiger partial charge < -0.3 is 4.74 Å². The van der Waals surface area contributed by atoms with E-state index in [-0.39, 0.29) is 11.3 Å². The van der Waals surface area contributed by atoms with Gasteiger partial charge in [-0.15, -0.1) is 6.58 Å². The van der Waals surface area contributed by atoms with Crippen molar-refractivity contribution in [2.75, 3.05) is 0 Å². The Morgan fingerprint density at radius 2 is 1.69 bits per heavy atom. The molecular weight excluding hydrogens is 368 g/mol. The minimum Gasteiger partial charge on any atom is -0.429 e. The van der Waals surface area contributed by atoms with E-state index in [1.165, 1.54) is 62.1 Å². The molecule has 0 N–H and O–H groups in total. The van der Waals surface area contributed by atoms with Crippen molar-refractivity contribution in [2.45, 2.75) is 57.0 Å². The van der Waals surface area contributed by atoms with Gasteiger partial charge in [0, 0.05) is 0 Å². The standard InChI is InChI=1S/C25H27F2NO/c1-2-3-4-5-19-6-10-21(11-7-19)22-12-14-23(15-13-22)25(26,27)29-24-16-8-20(18-28)9-17-24/h2,8-9,12-17,19,21H,1,3-7,10-11H2/t19-,21-. The van der Waals surface area contributed by atoms with Crippen molar-refractivity contribution < 1.29 is 13.5 Å². The molecule has 0 radical (unpaired) electrons. The Morgan fingerprint density at radius 3 is 2.28 bits per heavy atom. The summed E-state index contributed by atoms with van der Waals surface area (Å²) in [6, 6.07) is 14.2. The van der Waals surface area contributed by atoms with Crippen molar-refractivity contribution in [1.29, 1.82) is 5.26 Å². The van der Waals surface area contributed by atoms with Crippen LogP contribution in [0.1, 0.15) is 67.6 Å². The lowest BCUT2D eigenvalue weighted by molar-refractivity contribution is -0.185. The Bertz CT molecular complexity index is 829. The van der Waals surface area contributed by atoms with Gasteiger partial charge in [0.25, 0.3) is 0 Å². The number of nitriles is 1. The molecule has 1 saturated carbocycles. The first-order valence-corrected chi connectivity index (χ1v) is 10.3. The Hall–Kier alpha value is -2.67. The lowest BCUT2D eigenvalue weighted by Gasteiger charge is -2.29. The molecule has 0 aliphatic heterocycles. The fourth-order valence-electron chi connectivity index (χ4n) is 4.09. The number of hydrogen-bond acceptors (Lipinski definition) is 2. The van der Waals surface area contributed by atoms with Gasteiger partial charge >= 0.3 is 6.11 Å². The van der Waals surface area contributed by atoms with Gasteiger partial charge in [-0.25, -0.2) is 0 Å². The van der Waals surface area contributed by atoms with Crippen molar-refractivity contribution in [3.63, 3.8) is 0 Å². The summed E-state index contributed by atoms with van der Waals surface area (Å²) in [5, 5.41) is 8.79.